The summed E-state index contributed by atoms with van der Waals surface area (Å²) in [6.07, 6.45) is 0.541. The molecule has 1 aromatic heterocycles. The molecular formula is C18H19FN2O4. The van der Waals surface area contributed by atoms with Gasteiger partial charge < -0.3 is 19.0 Å². The van der Waals surface area contributed by atoms with Crippen molar-refractivity contribution in [3.63, 3.8) is 0 Å². The zero-order chi connectivity index (χ0) is 18.0. The fraction of sp³-hybridized carbons (Fsp3) is 0.333. The molecule has 2 aromatic rings. The minimum Gasteiger partial charge on any atom is -0.467 e. The van der Waals surface area contributed by atoms with Crippen LogP contribution in [0.15, 0.2) is 47.1 Å². The van der Waals surface area contributed by atoms with Gasteiger partial charge in [0.25, 0.3) is 5.91 Å². The van der Waals surface area contributed by atoms with Crippen molar-refractivity contribution >= 4 is 11.8 Å². The molecule has 132 valence electrons. The Balaban J connectivity index is 1.88. The van der Waals surface area contributed by atoms with E-state index < -0.39 is 18.0 Å². The summed E-state index contributed by atoms with van der Waals surface area (Å²) in [5.74, 6) is -0.502. The molecular weight excluding hydrogens is 327 g/mol. The van der Waals surface area contributed by atoms with Crippen molar-refractivity contribution < 1.29 is 23.1 Å². The second kappa shape index (κ2) is 7.06. The Morgan fingerprint density at radius 3 is 2.76 bits per heavy atom. The Bertz CT molecular complexity index is 762. The van der Waals surface area contributed by atoms with Gasteiger partial charge in [0.1, 0.15) is 18.2 Å². The maximum absolute atomic E-state index is 14.3. The summed E-state index contributed by atoms with van der Waals surface area (Å²) in [7, 11) is 3.16. The number of carbonyl (C=O) groups is 2. The van der Waals surface area contributed by atoms with Crippen LogP contribution in [0.3, 0.4) is 0 Å². The van der Waals surface area contributed by atoms with E-state index in [0.29, 0.717) is 5.76 Å². The highest BCUT2D eigenvalue weighted by atomic mass is 19.1. The van der Waals surface area contributed by atoms with Gasteiger partial charge in [-0.25, -0.2) is 4.39 Å². The number of rotatable bonds is 4. The molecule has 1 aliphatic heterocycles. The molecule has 25 heavy (non-hydrogen) atoms. The summed E-state index contributed by atoms with van der Waals surface area (Å²) in [5.41, 5.74) is 0.253. The average Bonchev–Trinajstić information content (AvgIpc) is 3.10. The number of nitrogens with zero attached hydrogens (tertiary/aromatic N) is 2. The normalized spacial score (nSPS) is 20.6. The van der Waals surface area contributed by atoms with Crippen molar-refractivity contribution in [1.82, 2.24) is 9.80 Å². The van der Waals surface area contributed by atoms with Crippen LogP contribution in [0.5, 0.6) is 0 Å². The van der Waals surface area contributed by atoms with E-state index in [1.54, 1.807) is 44.4 Å². The number of furan rings is 1. The van der Waals surface area contributed by atoms with Crippen LogP contribution in [0, 0.1) is 5.82 Å². The third kappa shape index (κ3) is 3.41. The summed E-state index contributed by atoms with van der Waals surface area (Å²) >= 11 is 0. The quantitative estimate of drug-likeness (QED) is 0.849. The van der Waals surface area contributed by atoms with Crippen LogP contribution in [0.25, 0.3) is 0 Å². The molecule has 7 heteroatoms. The molecule has 0 N–H and O–H groups in total. The fourth-order valence-electron chi connectivity index (χ4n) is 2.94. The lowest BCUT2D eigenvalue weighted by Gasteiger charge is -2.39. The first-order valence-electron chi connectivity index (χ1n) is 7.88. The highest BCUT2D eigenvalue weighted by molar-refractivity contribution is 5.86. The Kier molecular flexibility index (Phi) is 4.85. The zero-order valence-corrected chi connectivity index (χ0v) is 14.0. The highest BCUT2D eigenvalue weighted by Crippen LogP contribution is 2.31. The molecule has 0 aliphatic carbocycles. The van der Waals surface area contributed by atoms with Gasteiger partial charge >= 0.3 is 0 Å². The van der Waals surface area contributed by atoms with E-state index in [0.717, 1.165) is 0 Å². The minimum atomic E-state index is -0.987. The van der Waals surface area contributed by atoms with Crippen LogP contribution in [0.2, 0.25) is 0 Å². The van der Waals surface area contributed by atoms with Gasteiger partial charge in [-0.2, -0.15) is 0 Å². The molecule has 0 radical (unpaired) electrons. The van der Waals surface area contributed by atoms with E-state index in [1.807, 2.05) is 0 Å². The van der Waals surface area contributed by atoms with E-state index in [4.69, 9.17) is 9.15 Å². The minimum absolute atomic E-state index is 0.216. The van der Waals surface area contributed by atoms with Gasteiger partial charge in [-0.15, -0.1) is 0 Å². The molecule has 1 fully saturated rings. The SMILES string of the molecule is CN(Cc1ccco1)C(=O)C1OCC(=O)N(C)C1c1ccccc1F. The number of carbonyl (C=O) groups excluding carboxylic acids is 2. The summed E-state index contributed by atoms with van der Waals surface area (Å²) < 4.78 is 25.0. The summed E-state index contributed by atoms with van der Waals surface area (Å²) in [6, 6.07) is 8.76. The Hall–Kier alpha value is -2.67. The van der Waals surface area contributed by atoms with Crippen LogP contribution in [-0.4, -0.2) is 48.4 Å². The molecule has 3 rings (SSSR count). The molecule has 6 nitrogen and oxygen atoms in total. The lowest BCUT2D eigenvalue weighted by atomic mass is 9.96. The Morgan fingerprint density at radius 2 is 2.08 bits per heavy atom. The topological polar surface area (TPSA) is 63.0 Å². The standard InChI is InChI=1S/C18H19FN2O4/c1-20(10-12-6-5-9-24-12)18(23)17-16(21(2)15(22)11-25-17)13-7-3-4-8-14(13)19/h3-9,16-17H,10-11H2,1-2H3. The van der Waals surface area contributed by atoms with Crippen molar-refractivity contribution in [2.45, 2.75) is 18.7 Å². The first-order chi connectivity index (χ1) is 12.0. The van der Waals surface area contributed by atoms with E-state index >= 15 is 0 Å². The number of benzene rings is 1. The molecule has 1 aliphatic rings. The van der Waals surface area contributed by atoms with Crippen molar-refractivity contribution in [1.29, 1.82) is 0 Å². The van der Waals surface area contributed by atoms with Gasteiger partial charge in [-0.1, -0.05) is 18.2 Å². The van der Waals surface area contributed by atoms with E-state index in [-0.39, 0.29) is 30.5 Å². The van der Waals surface area contributed by atoms with Crippen molar-refractivity contribution in [3.05, 3.63) is 59.8 Å². The summed E-state index contributed by atoms with van der Waals surface area (Å²) in [4.78, 5) is 27.7. The van der Waals surface area contributed by atoms with Gasteiger partial charge in [-0.3, -0.25) is 9.59 Å². The van der Waals surface area contributed by atoms with Crippen LogP contribution < -0.4 is 0 Å². The molecule has 2 unspecified atom stereocenters. The Morgan fingerprint density at radius 1 is 1.32 bits per heavy atom. The summed E-state index contributed by atoms with van der Waals surface area (Å²) in [6.45, 7) is 0.0415. The molecule has 1 saturated heterocycles. The molecule has 2 atom stereocenters. The van der Waals surface area contributed by atoms with E-state index in [1.165, 1.54) is 22.1 Å². The highest BCUT2D eigenvalue weighted by Gasteiger charge is 2.42. The lowest BCUT2D eigenvalue weighted by molar-refractivity contribution is -0.167. The molecule has 0 spiro atoms. The van der Waals surface area contributed by atoms with Gasteiger partial charge in [0.2, 0.25) is 5.91 Å². The molecule has 1 aromatic carbocycles. The zero-order valence-electron chi connectivity index (χ0n) is 14.0. The van der Waals surface area contributed by atoms with Crippen molar-refractivity contribution in [3.8, 4) is 0 Å². The number of hydrogen-bond donors (Lipinski definition) is 0. The first kappa shape index (κ1) is 17.2. The maximum atomic E-state index is 14.3. The molecule has 0 bridgehead atoms. The summed E-state index contributed by atoms with van der Waals surface area (Å²) in [5, 5.41) is 0. The van der Waals surface area contributed by atoms with Gasteiger partial charge in [0.05, 0.1) is 18.8 Å². The predicted octanol–water partition coefficient (Wildman–Crippen LogP) is 1.98. The largest absolute Gasteiger partial charge is 0.467 e. The van der Waals surface area contributed by atoms with Crippen molar-refractivity contribution in [2.75, 3.05) is 20.7 Å². The first-order valence-corrected chi connectivity index (χ1v) is 7.88. The third-order valence-corrected chi connectivity index (χ3v) is 4.30. The number of morpholine rings is 1. The lowest BCUT2D eigenvalue weighted by Crippen LogP contribution is -2.53. The number of halogens is 1. The van der Waals surface area contributed by atoms with Crippen molar-refractivity contribution in [2.24, 2.45) is 0 Å². The number of hydrogen-bond acceptors (Lipinski definition) is 4. The van der Waals surface area contributed by atoms with Gasteiger partial charge in [0.15, 0.2) is 6.10 Å². The van der Waals surface area contributed by atoms with Crippen LogP contribution >= 0.6 is 0 Å². The van der Waals surface area contributed by atoms with Crippen LogP contribution in [0.1, 0.15) is 17.4 Å². The number of amides is 2. The molecule has 2 heterocycles. The maximum Gasteiger partial charge on any atom is 0.254 e. The molecule has 2 amide bonds. The number of ether oxygens (including phenoxy) is 1. The average molecular weight is 346 g/mol. The predicted molar refractivity (Wildman–Crippen MR) is 86.8 cm³/mol. The van der Waals surface area contributed by atoms with E-state index in [9.17, 15) is 14.0 Å². The second-order valence-electron chi connectivity index (χ2n) is 5.98. The Labute approximate surface area is 144 Å². The second-order valence-corrected chi connectivity index (χ2v) is 5.98. The number of likely N-dealkylation sites (N-methyl/N-ethyl adjacent to an activating group) is 2. The van der Waals surface area contributed by atoms with Gasteiger partial charge in [-0.05, 0) is 18.2 Å². The fourth-order valence-corrected chi connectivity index (χ4v) is 2.94. The van der Waals surface area contributed by atoms with Crippen LogP contribution in [-0.2, 0) is 20.9 Å². The van der Waals surface area contributed by atoms with Crippen LogP contribution in [0.4, 0.5) is 4.39 Å². The smallest absolute Gasteiger partial charge is 0.254 e. The van der Waals surface area contributed by atoms with Gasteiger partial charge in [0, 0.05) is 19.7 Å². The van der Waals surface area contributed by atoms with E-state index in [2.05, 4.69) is 0 Å². The monoisotopic (exact) mass is 346 g/mol. The molecule has 0 saturated carbocycles. The third-order valence-electron chi connectivity index (χ3n) is 4.30.